The van der Waals surface area contributed by atoms with Gasteiger partial charge in [-0.3, -0.25) is 9.97 Å². The number of rotatable bonds is 10. The summed E-state index contributed by atoms with van der Waals surface area (Å²) in [4.78, 5) is 10.1. The van der Waals surface area contributed by atoms with Crippen LogP contribution < -0.4 is 10.6 Å². The third-order valence-electron chi connectivity index (χ3n) is 9.73. The van der Waals surface area contributed by atoms with Crippen molar-refractivity contribution in [1.29, 1.82) is 0 Å². The van der Waals surface area contributed by atoms with E-state index >= 15 is 0 Å². The quantitative estimate of drug-likeness (QED) is 0.132. The zero-order valence-corrected chi connectivity index (χ0v) is 28.2. The maximum absolute atomic E-state index is 6.38. The third kappa shape index (κ3) is 6.83. The van der Waals surface area contributed by atoms with Crippen molar-refractivity contribution >= 4 is 69.6 Å². The van der Waals surface area contributed by atoms with Crippen LogP contribution >= 0.6 is 36.4 Å². The molecule has 3 aliphatic rings. The Morgan fingerprint density at radius 2 is 1.48 bits per heavy atom. The molecule has 2 N–H and O–H groups in total. The lowest BCUT2D eigenvalue weighted by atomic mass is 9.71. The van der Waals surface area contributed by atoms with E-state index in [-0.39, 0.29) is 24.8 Å². The highest BCUT2D eigenvalue weighted by atomic mass is 35.5. The fourth-order valence-corrected chi connectivity index (χ4v) is 8.02. The van der Waals surface area contributed by atoms with Gasteiger partial charge in [0.25, 0.3) is 0 Å². The van der Waals surface area contributed by atoms with E-state index in [4.69, 9.17) is 21.6 Å². The van der Waals surface area contributed by atoms with Crippen molar-refractivity contribution in [3.8, 4) is 0 Å². The predicted octanol–water partition coefficient (Wildman–Crippen LogP) is 10.6. The number of nitrogens with one attached hydrogen (secondary N) is 2. The molecular weight excluding hydrogens is 607 g/mol. The van der Waals surface area contributed by atoms with Gasteiger partial charge in [0.1, 0.15) is 0 Å². The zero-order chi connectivity index (χ0) is 28.5. The lowest BCUT2D eigenvalue weighted by Gasteiger charge is -2.36. The van der Waals surface area contributed by atoms with Gasteiger partial charge in [0.15, 0.2) is 0 Å². The topological polar surface area (TPSA) is 49.8 Å². The number of hydrogen-bond donors (Lipinski definition) is 2. The molecule has 3 aliphatic carbocycles. The first kappa shape index (κ1) is 32.9. The zero-order valence-electron chi connectivity index (χ0n) is 25.8. The van der Waals surface area contributed by atoms with Crippen molar-refractivity contribution in [1.82, 2.24) is 9.97 Å². The van der Waals surface area contributed by atoms with Gasteiger partial charge in [-0.2, -0.15) is 0 Å². The molecule has 4 aromatic rings. The molecule has 0 spiro atoms. The maximum atomic E-state index is 6.38. The Labute approximate surface area is 279 Å². The first-order chi connectivity index (χ1) is 20.6. The second-order valence-electron chi connectivity index (χ2n) is 12.9. The SMILES string of the molecule is CC1=C[C@H]2Cc3nc4cc(Cl)ccc4c(NCCCCCCCNc4c5c(nc6ccccc46)CCCC5)c3[C@@H](C1)C2.Cl.Cl. The first-order valence-electron chi connectivity index (χ1n) is 16.3. The van der Waals surface area contributed by atoms with Crippen LogP contribution in [-0.4, -0.2) is 23.1 Å². The van der Waals surface area contributed by atoms with Gasteiger partial charge in [-0.25, -0.2) is 0 Å². The molecule has 0 saturated carbocycles. The van der Waals surface area contributed by atoms with Gasteiger partial charge in [0.05, 0.1) is 11.0 Å². The highest BCUT2D eigenvalue weighted by Gasteiger charge is 2.33. The number of halogens is 3. The van der Waals surface area contributed by atoms with Crippen LogP contribution in [0.5, 0.6) is 0 Å². The van der Waals surface area contributed by atoms with Crippen LogP contribution in [0.25, 0.3) is 21.8 Å². The Bertz CT molecular complexity index is 1650. The molecule has 0 radical (unpaired) electrons. The van der Waals surface area contributed by atoms with E-state index in [1.807, 2.05) is 12.1 Å². The van der Waals surface area contributed by atoms with Crippen molar-refractivity contribution in [3.63, 3.8) is 0 Å². The van der Waals surface area contributed by atoms with Crippen LogP contribution in [0.3, 0.4) is 0 Å². The van der Waals surface area contributed by atoms with Gasteiger partial charge >= 0.3 is 0 Å². The fraction of sp³-hybridized carbons (Fsp3) is 0.459. The van der Waals surface area contributed by atoms with Gasteiger partial charge < -0.3 is 10.6 Å². The minimum absolute atomic E-state index is 0. The fourth-order valence-electron chi connectivity index (χ4n) is 7.86. The van der Waals surface area contributed by atoms with Crippen molar-refractivity contribution in [2.75, 3.05) is 23.7 Å². The smallest absolute Gasteiger partial charge is 0.0741 e. The summed E-state index contributed by atoms with van der Waals surface area (Å²) in [5.74, 6) is 1.21. The number of anilines is 2. The van der Waals surface area contributed by atoms with Crippen LogP contribution in [0, 0.1) is 5.92 Å². The van der Waals surface area contributed by atoms with Gasteiger partial charge in [-0.05, 0) is 106 Å². The molecule has 7 rings (SSSR count). The largest absolute Gasteiger partial charge is 0.384 e. The molecule has 0 amide bonds. The van der Waals surface area contributed by atoms with Crippen LogP contribution in [0.4, 0.5) is 11.4 Å². The minimum Gasteiger partial charge on any atom is -0.384 e. The monoisotopic (exact) mass is 650 g/mol. The molecule has 2 atom stereocenters. The standard InChI is InChI=1S/C37H43ClN4.2ClH/c1-24-19-25-21-26(20-24)35-34(22-25)42-33-23-27(38)15-16-30(33)37(35)40-18-10-4-2-3-9-17-39-36-28-11-5-7-13-31(28)41-32-14-8-6-12-29(32)36;;/h5,7,11,13,15-16,19,23,25-26H,2-4,6,8-10,12,14,17-18,20-22H2,1H3,(H,39,41)(H,40,42);2*1H/t25-,26+;;/m1../s1. The van der Waals surface area contributed by atoms with E-state index in [1.165, 1.54) is 102 Å². The molecular formula is C37H45Cl3N4. The molecule has 7 heteroatoms. The van der Waals surface area contributed by atoms with E-state index in [1.54, 1.807) is 0 Å². The number of pyridine rings is 2. The Balaban J connectivity index is 0.00000192. The molecule has 2 bridgehead atoms. The van der Waals surface area contributed by atoms with E-state index in [0.717, 1.165) is 54.8 Å². The summed E-state index contributed by atoms with van der Waals surface area (Å²) >= 11 is 6.38. The number of unbranched alkanes of at least 4 members (excludes halogenated alkanes) is 4. The van der Waals surface area contributed by atoms with E-state index in [0.29, 0.717) is 11.8 Å². The summed E-state index contributed by atoms with van der Waals surface area (Å²) in [6.45, 7) is 4.34. The van der Waals surface area contributed by atoms with Crippen molar-refractivity contribution in [2.24, 2.45) is 5.92 Å². The van der Waals surface area contributed by atoms with Crippen LogP contribution in [0.1, 0.15) is 93.1 Å². The van der Waals surface area contributed by atoms with E-state index < -0.39 is 0 Å². The Morgan fingerprint density at radius 1 is 0.773 bits per heavy atom. The van der Waals surface area contributed by atoms with E-state index in [9.17, 15) is 0 Å². The summed E-state index contributed by atoms with van der Waals surface area (Å²) in [5.41, 5.74) is 11.9. The number of allylic oxidation sites excluding steroid dienone is 2. The summed E-state index contributed by atoms with van der Waals surface area (Å²) in [6, 6.07) is 14.9. The molecule has 0 aliphatic heterocycles. The molecule has 44 heavy (non-hydrogen) atoms. The second kappa shape index (κ2) is 14.7. The van der Waals surface area contributed by atoms with Gasteiger partial charge in [-0.15, -0.1) is 24.8 Å². The molecule has 234 valence electrons. The Morgan fingerprint density at radius 3 is 2.32 bits per heavy atom. The van der Waals surface area contributed by atoms with Crippen LogP contribution in [0.2, 0.25) is 5.02 Å². The van der Waals surface area contributed by atoms with Crippen molar-refractivity contribution in [2.45, 2.75) is 89.9 Å². The number of hydrogen-bond acceptors (Lipinski definition) is 4. The van der Waals surface area contributed by atoms with Gasteiger partial charge in [0.2, 0.25) is 0 Å². The molecule has 0 saturated heterocycles. The van der Waals surface area contributed by atoms with Crippen LogP contribution in [-0.2, 0) is 19.3 Å². The molecule has 4 nitrogen and oxygen atoms in total. The predicted molar refractivity (Wildman–Crippen MR) is 193 cm³/mol. The summed E-state index contributed by atoms with van der Waals surface area (Å²) < 4.78 is 0. The summed E-state index contributed by atoms with van der Waals surface area (Å²) in [6.07, 6.45) is 16.9. The van der Waals surface area contributed by atoms with Gasteiger partial charge in [0, 0.05) is 57.2 Å². The number of aryl methyl sites for hydroxylation is 1. The van der Waals surface area contributed by atoms with Gasteiger partial charge in [-0.1, -0.05) is 60.7 Å². The Hall–Kier alpha value is -2.53. The molecule has 2 aromatic carbocycles. The lowest BCUT2D eigenvalue weighted by molar-refractivity contribution is 0.433. The van der Waals surface area contributed by atoms with E-state index in [2.05, 4.69) is 54.0 Å². The minimum atomic E-state index is 0. The number of benzene rings is 2. The summed E-state index contributed by atoms with van der Waals surface area (Å²) in [7, 11) is 0. The summed E-state index contributed by atoms with van der Waals surface area (Å²) in [5, 5.41) is 11.0. The molecule has 0 fully saturated rings. The number of fused-ring (bicyclic) bond motifs is 7. The molecule has 0 unspecified atom stereocenters. The third-order valence-corrected chi connectivity index (χ3v) is 9.97. The average molecular weight is 652 g/mol. The first-order valence-corrected chi connectivity index (χ1v) is 16.7. The average Bonchev–Trinajstić information content (AvgIpc) is 2.98. The van der Waals surface area contributed by atoms with Crippen LogP contribution in [0.15, 0.2) is 54.1 Å². The molecule has 2 heterocycles. The number of para-hydroxylation sites is 1. The lowest BCUT2D eigenvalue weighted by Crippen LogP contribution is -2.24. The van der Waals surface area contributed by atoms with Crippen molar-refractivity contribution in [3.05, 3.63) is 81.7 Å². The van der Waals surface area contributed by atoms with Crippen molar-refractivity contribution < 1.29 is 0 Å². The highest BCUT2D eigenvalue weighted by molar-refractivity contribution is 6.31. The normalized spacial score (nSPS) is 18.5. The Kier molecular flexibility index (Phi) is 11.0. The highest BCUT2D eigenvalue weighted by Crippen LogP contribution is 2.47. The second-order valence-corrected chi connectivity index (χ2v) is 13.3. The maximum Gasteiger partial charge on any atom is 0.0741 e. The number of nitrogens with zero attached hydrogens (tertiary/aromatic N) is 2. The molecule has 2 aromatic heterocycles. The number of aromatic nitrogens is 2.